The molecule has 0 saturated carbocycles. The number of rotatable bonds is 5. The molecule has 3 aromatic heterocycles. The summed E-state index contributed by atoms with van der Waals surface area (Å²) in [6.07, 6.45) is 11.7. The quantitative estimate of drug-likeness (QED) is 0.162. The van der Waals surface area contributed by atoms with E-state index in [0.29, 0.717) is 0 Å². The van der Waals surface area contributed by atoms with Gasteiger partial charge in [0, 0.05) is 42.1 Å². The molecule has 0 spiro atoms. The normalized spacial score (nSPS) is 11.5. The Morgan fingerprint density at radius 2 is 1.52 bits per heavy atom. The summed E-state index contributed by atoms with van der Waals surface area (Å²) < 4.78 is 2.62. The predicted molar refractivity (Wildman–Crippen MR) is 188 cm³/mol. The molecule has 7 rings (SSSR count). The Balaban J connectivity index is 0.000000175. The van der Waals surface area contributed by atoms with Crippen LogP contribution in [0.25, 0.3) is 42.7 Å². The van der Waals surface area contributed by atoms with Gasteiger partial charge in [-0.2, -0.15) is 11.3 Å². The van der Waals surface area contributed by atoms with Crippen LogP contribution in [0.1, 0.15) is 16.7 Å². The van der Waals surface area contributed by atoms with Gasteiger partial charge in [0.25, 0.3) is 0 Å². The van der Waals surface area contributed by atoms with E-state index >= 15 is 0 Å². The Labute approximate surface area is 279 Å². The largest absolute Gasteiger partial charge is 0.305 e. The first kappa shape index (κ1) is 31.8. The van der Waals surface area contributed by atoms with Crippen LogP contribution >= 0.6 is 21.4 Å². The number of nitrogens with zero attached hydrogens (tertiary/aromatic N) is 2. The Hall–Kier alpha value is -3.60. The molecule has 1 radical (unpaired) electrons. The van der Waals surface area contributed by atoms with Crippen molar-refractivity contribution in [3.05, 3.63) is 150 Å². The summed E-state index contributed by atoms with van der Waals surface area (Å²) in [6.45, 7) is 2.17. The third kappa shape index (κ3) is 7.20. The number of hydrogen-bond donors (Lipinski definition) is 0. The van der Waals surface area contributed by atoms with Gasteiger partial charge in [-0.25, -0.2) is 10.0 Å². The van der Waals surface area contributed by atoms with Gasteiger partial charge in [-0.1, -0.05) is 85.1 Å². The molecule has 0 N–H and O–H groups in total. The smallest absolute Gasteiger partial charge is 0.0281 e. The van der Waals surface area contributed by atoms with Crippen molar-refractivity contribution in [1.29, 1.82) is 0 Å². The van der Waals surface area contributed by atoms with E-state index in [-0.39, 0.29) is 20.1 Å². The summed E-state index contributed by atoms with van der Waals surface area (Å²) >= 11 is 1.84. The van der Waals surface area contributed by atoms with E-state index in [2.05, 4.69) is 122 Å². The maximum Gasteiger partial charge on any atom is 0.0281 e. The van der Waals surface area contributed by atoms with Gasteiger partial charge in [0.1, 0.15) is 0 Å². The second-order valence-corrected chi connectivity index (χ2v) is 16.6. The Morgan fingerprint density at radius 1 is 0.750 bits per heavy atom. The third-order valence-electron chi connectivity index (χ3n) is 7.41. The molecule has 223 valence electrons. The molecule has 0 bridgehead atoms. The van der Waals surface area contributed by atoms with E-state index in [9.17, 15) is 0 Å². The van der Waals surface area contributed by atoms with Crippen molar-refractivity contribution in [3.63, 3.8) is 0 Å². The van der Waals surface area contributed by atoms with Gasteiger partial charge >= 0.3 is 0 Å². The molecule has 0 saturated heterocycles. The number of thiophene rings is 1. The molecule has 0 unspecified atom stereocenters. The maximum atomic E-state index is 4.76. The first-order valence-electron chi connectivity index (χ1n) is 14.3. The molecule has 0 aliphatic rings. The van der Waals surface area contributed by atoms with Gasteiger partial charge in [0.15, 0.2) is 0 Å². The molecule has 0 fully saturated rings. The molecule has 44 heavy (non-hydrogen) atoms. The molecular weight excluding hydrogens is 753 g/mol. The summed E-state index contributed by atoms with van der Waals surface area (Å²) in [5.74, 6) is 0. The Morgan fingerprint density at radius 3 is 2.25 bits per heavy atom. The predicted octanol–water partition coefficient (Wildman–Crippen LogP) is 10.4. The van der Waals surface area contributed by atoms with Crippen molar-refractivity contribution < 1.29 is 20.1 Å². The van der Waals surface area contributed by atoms with Crippen LogP contribution in [0.3, 0.4) is 0 Å². The van der Waals surface area contributed by atoms with Crippen molar-refractivity contribution in [3.8, 4) is 22.5 Å². The van der Waals surface area contributed by atoms with E-state index in [4.69, 9.17) is 4.98 Å². The fraction of sp³-hybridized carbons (Fsp3) is 0.128. The maximum absolute atomic E-state index is 4.76. The van der Waals surface area contributed by atoms with Gasteiger partial charge in [-0.05, 0) is 64.4 Å². The molecule has 4 aromatic carbocycles. The minimum absolute atomic E-state index is 0. The number of aryl methyl sites for hydroxylation is 1. The number of benzene rings is 4. The molecule has 3 heterocycles. The average Bonchev–Trinajstić information content (AvgIpc) is 3.43. The zero-order chi connectivity index (χ0) is 29.8. The zero-order valence-corrected chi connectivity index (χ0v) is 29.3. The van der Waals surface area contributed by atoms with Gasteiger partial charge in [0.2, 0.25) is 0 Å². The van der Waals surface area contributed by atoms with Crippen LogP contribution < -0.4 is 0 Å². The topological polar surface area (TPSA) is 25.8 Å². The van der Waals surface area contributed by atoms with Gasteiger partial charge < -0.3 is 9.97 Å². The van der Waals surface area contributed by atoms with Crippen LogP contribution in [0.4, 0.5) is 0 Å². The average molecular weight is 787 g/mol. The molecule has 7 aromatic rings. The molecular formula is C39H34IrN2S2-2. The van der Waals surface area contributed by atoms with Crippen LogP contribution in [-0.2, 0) is 26.5 Å². The molecule has 0 atom stereocenters. The minimum Gasteiger partial charge on any atom is -0.305 e. The zero-order valence-electron chi connectivity index (χ0n) is 25.3. The summed E-state index contributed by atoms with van der Waals surface area (Å²) in [5.41, 5.74) is 8.03. The fourth-order valence-corrected chi connectivity index (χ4v) is 7.27. The van der Waals surface area contributed by atoms with Crippen molar-refractivity contribution in [2.45, 2.75) is 18.2 Å². The summed E-state index contributed by atoms with van der Waals surface area (Å²) in [6, 6.07) is 44.5. The van der Waals surface area contributed by atoms with Crippen molar-refractivity contribution in [2.75, 3.05) is 18.8 Å². The first-order valence-corrected chi connectivity index (χ1v) is 18.0. The van der Waals surface area contributed by atoms with Gasteiger partial charge in [-0.15, -0.1) is 58.7 Å². The van der Waals surface area contributed by atoms with Crippen LogP contribution in [0.5, 0.6) is 0 Å². The van der Waals surface area contributed by atoms with Gasteiger partial charge in [-0.3, -0.25) is 0 Å². The number of fused-ring (bicyclic) bond motifs is 3. The van der Waals surface area contributed by atoms with Crippen LogP contribution in [0.15, 0.2) is 126 Å². The molecule has 0 amide bonds. The van der Waals surface area contributed by atoms with Crippen LogP contribution in [0.2, 0.25) is 0 Å². The van der Waals surface area contributed by atoms with Crippen LogP contribution in [-0.4, -0.2) is 28.7 Å². The van der Waals surface area contributed by atoms with Crippen molar-refractivity contribution >= 4 is 41.5 Å². The number of aromatic nitrogens is 2. The van der Waals surface area contributed by atoms with E-state index < -0.39 is 10.0 Å². The first-order chi connectivity index (χ1) is 20.9. The fourth-order valence-electron chi connectivity index (χ4n) is 5.14. The second-order valence-electron chi connectivity index (χ2n) is 11.4. The third-order valence-corrected chi connectivity index (χ3v) is 10.3. The summed E-state index contributed by atoms with van der Waals surface area (Å²) in [7, 11) is -0.742. The van der Waals surface area contributed by atoms with Gasteiger partial charge in [0.05, 0.1) is 0 Å². The summed E-state index contributed by atoms with van der Waals surface area (Å²) in [5, 5.41) is 2.68. The SMILES string of the molecule is Cc1c[c-]c(-c2ccc(S(C)(C)C)cn2)c2sc3ccccc3c12.[Ir].[c-]1ccc(Cc2ccccc2)cc1-c1ccccn1. The minimum atomic E-state index is -0.742. The Bertz CT molecular complexity index is 1980. The summed E-state index contributed by atoms with van der Waals surface area (Å²) in [4.78, 5) is 10.5. The molecule has 0 aliphatic carbocycles. The standard InChI is InChI=1S/C21H20NS2.C18H14N.Ir/c1-14-9-11-16(18-12-10-15(13-22-18)24(2,3)4)21-20(14)17-7-5-6-8-19(17)23-21;1-2-7-15(8-3-1)13-16-9-6-10-17(14-16)18-11-4-5-12-19-18;/h5-10,12-13H,1-4H3;1-9,11-12,14H,13H2;/q2*-1;. The molecule has 0 aliphatic heterocycles. The number of pyridine rings is 2. The van der Waals surface area contributed by atoms with Crippen molar-refractivity contribution in [2.24, 2.45) is 0 Å². The Kier molecular flexibility index (Phi) is 10.1. The second kappa shape index (κ2) is 14.0. The monoisotopic (exact) mass is 787 g/mol. The van der Waals surface area contributed by atoms with E-state index in [0.717, 1.165) is 28.9 Å². The molecule has 5 heteroatoms. The van der Waals surface area contributed by atoms with E-state index in [1.165, 1.54) is 41.8 Å². The van der Waals surface area contributed by atoms with Crippen molar-refractivity contribution in [1.82, 2.24) is 9.97 Å². The van der Waals surface area contributed by atoms with E-state index in [1.54, 1.807) is 0 Å². The van der Waals surface area contributed by atoms with E-state index in [1.807, 2.05) is 54.1 Å². The molecule has 2 nitrogen and oxygen atoms in total. The number of hydrogen-bond acceptors (Lipinski definition) is 3. The van der Waals surface area contributed by atoms with Crippen LogP contribution in [0, 0.1) is 19.1 Å².